The van der Waals surface area contributed by atoms with E-state index in [1.165, 1.54) is 30.0 Å². The van der Waals surface area contributed by atoms with Crippen LogP contribution >= 0.6 is 11.8 Å². The number of fused-ring (bicyclic) bond motifs is 1. The van der Waals surface area contributed by atoms with Crippen LogP contribution in [0.15, 0.2) is 24.3 Å². The summed E-state index contributed by atoms with van der Waals surface area (Å²) in [4.78, 5) is 50.6. The molecule has 3 atom stereocenters. The van der Waals surface area contributed by atoms with Gasteiger partial charge in [-0.15, -0.1) is 11.8 Å². The average Bonchev–Trinajstić information content (AvgIpc) is 2.64. The van der Waals surface area contributed by atoms with Crippen LogP contribution in [-0.2, 0) is 14.3 Å². The summed E-state index contributed by atoms with van der Waals surface area (Å²) in [5, 5.41) is 11.6. The van der Waals surface area contributed by atoms with Crippen LogP contribution in [0.25, 0.3) is 0 Å². The summed E-state index contributed by atoms with van der Waals surface area (Å²) >= 11 is 1.41. The Hall–Kier alpha value is -2.55. The van der Waals surface area contributed by atoms with Crippen molar-refractivity contribution in [1.29, 1.82) is 0 Å². The normalized spacial score (nSPS) is 26.2. The van der Waals surface area contributed by atoms with Crippen molar-refractivity contribution < 1.29 is 29.0 Å². The van der Waals surface area contributed by atoms with Gasteiger partial charge in [0.2, 0.25) is 5.91 Å². The fourth-order valence-corrected chi connectivity index (χ4v) is 4.80. The second kappa shape index (κ2) is 7.37. The van der Waals surface area contributed by atoms with E-state index >= 15 is 0 Å². The van der Waals surface area contributed by atoms with Crippen LogP contribution < -0.4 is 5.32 Å². The first-order chi connectivity index (χ1) is 13.4. The van der Waals surface area contributed by atoms with Crippen molar-refractivity contribution in [1.82, 2.24) is 10.2 Å². The van der Waals surface area contributed by atoms with Crippen molar-refractivity contribution in [3.63, 3.8) is 0 Å². The van der Waals surface area contributed by atoms with Gasteiger partial charge in [-0.25, -0.2) is 4.79 Å². The second-order valence-corrected chi connectivity index (χ2v) is 9.64. The van der Waals surface area contributed by atoms with Crippen LogP contribution in [0.5, 0.6) is 0 Å². The molecule has 3 rings (SSSR count). The molecule has 0 radical (unpaired) electrons. The predicted octanol–water partition coefficient (Wildman–Crippen LogP) is 1.75. The lowest BCUT2D eigenvalue weighted by atomic mass is 9.89. The van der Waals surface area contributed by atoms with Gasteiger partial charge in [0, 0.05) is 12.3 Å². The SMILES string of the molecule is CC(C)(C)OC(=O)C1(C)CS[C@@H]2C(NC(=O)c3ccccc3C(=O)O)C(=O)N2C1. The van der Waals surface area contributed by atoms with E-state index in [0.29, 0.717) is 5.75 Å². The molecule has 156 valence electrons. The van der Waals surface area contributed by atoms with Crippen molar-refractivity contribution in [2.24, 2.45) is 5.41 Å². The number of nitrogens with zero attached hydrogens (tertiary/aromatic N) is 1. The van der Waals surface area contributed by atoms with Gasteiger partial charge in [-0.2, -0.15) is 0 Å². The lowest BCUT2D eigenvalue weighted by Crippen LogP contribution is -2.73. The number of benzene rings is 1. The van der Waals surface area contributed by atoms with Gasteiger partial charge in [-0.3, -0.25) is 14.4 Å². The van der Waals surface area contributed by atoms with E-state index in [4.69, 9.17) is 4.74 Å². The quantitative estimate of drug-likeness (QED) is 0.563. The monoisotopic (exact) mass is 420 g/mol. The molecule has 2 fully saturated rings. The Labute approximate surface area is 173 Å². The van der Waals surface area contributed by atoms with Gasteiger partial charge in [0.1, 0.15) is 17.0 Å². The van der Waals surface area contributed by atoms with Crippen LogP contribution in [-0.4, -0.2) is 63.1 Å². The molecule has 2 amide bonds. The number of rotatable bonds is 4. The first kappa shape index (κ1) is 21.2. The topological polar surface area (TPSA) is 113 Å². The molecule has 29 heavy (non-hydrogen) atoms. The van der Waals surface area contributed by atoms with Crippen LogP contribution in [0, 0.1) is 5.41 Å². The Morgan fingerprint density at radius 2 is 1.86 bits per heavy atom. The highest BCUT2D eigenvalue weighted by molar-refractivity contribution is 8.00. The molecular weight excluding hydrogens is 396 g/mol. The number of nitrogens with one attached hydrogen (secondary N) is 1. The van der Waals surface area contributed by atoms with Crippen molar-refractivity contribution >= 4 is 35.5 Å². The molecule has 2 heterocycles. The maximum Gasteiger partial charge on any atom is 0.336 e. The van der Waals surface area contributed by atoms with Crippen LogP contribution in [0.1, 0.15) is 48.4 Å². The Bertz CT molecular complexity index is 880. The number of carbonyl (C=O) groups is 4. The number of carbonyl (C=O) groups excluding carboxylic acids is 3. The van der Waals surface area contributed by atoms with E-state index in [1.54, 1.807) is 38.7 Å². The third kappa shape index (κ3) is 4.10. The van der Waals surface area contributed by atoms with E-state index in [2.05, 4.69) is 5.32 Å². The molecule has 0 spiro atoms. The first-order valence-corrected chi connectivity index (χ1v) is 10.3. The van der Waals surface area contributed by atoms with Crippen LogP contribution in [0.2, 0.25) is 0 Å². The number of carboxylic acids is 1. The van der Waals surface area contributed by atoms with E-state index < -0.39 is 28.9 Å². The Morgan fingerprint density at radius 3 is 2.45 bits per heavy atom. The van der Waals surface area contributed by atoms with E-state index in [1.807, 2.05) is 0 Å². The molecule has 2 unspecified atom stereocenters. The molecule has 9 heteroatoms. The molecule has 2 saturated heterocycles. The smallest absolute Gasteiger partial charge is 0.336 e. The maximum absolute atomic E-state index is 12.6. The molecule has 1 aromatic carbocycles. The highest BCUT2D eigenvalue weighted by atomic mass is 32.2. The number of thioether (sulfide) groups is 1. The van der Waals surface area contributed by atoms with E-state index in [0.717, 1.165) is 0 Å². The van der Waals surface area contributed by atoms with Gasteiger partial charge in [0.15, 0.2) is 0 Å². The summed E-state index contributed by atoms with van der Waals surface area (Å²) < 4.78 is 5.49. The maximum atomic E-state index is 12.6. The lowest BCUT2D eigenvalue weighted by Gasteiger charge is -2.53. The number of hydrogen-bond donors (Lipinski definition) is 2. The Kier molecular flexibility index (Phi) is 5.38. The summed E-state index contributed by atoms with van der Waals surface area (Å²) in [6.07, 6.45) is 0. The molecule has 2 aliphatic rings. The summed E-state index contributed by atoms with van der Waals surface area (Å²) in [6.45, 7) is 7.37. The van der Waals surface area contributed by atoms with E-state index in [9.17, 15) is 24.3 Å². The Morgan fingerprint density at radius 1 is 1.24 bits per heavy atom. The van der Waals surface area contributed by atoms with Crippen molar-refractivity contribution in [3.05, 3.63) is 35.4 Å². The molecule has 0 saturated carbocycles. The predicted molar refractivity (Wildman–Crippen MR) is 107 cm³/mol. The minimum absolute atomic E-state index is 0.00523. The first-order valence-electron chi connectivity index (χ1n) is 9.22. The number of carboxylic acid groups (broad SMARTS) is 1. The third-order valence-electron chi connectivity index (χ3n) is 4.81. The van der Waals surface area contributed by atoms with Gasteiger partial charge in [-0.05, 0) is 39.8 Å². The number of β-lactam (4-membered cyclic amide) rings is 1. The highest BCUT2D eigenvalue weighted by Crippen LogP contribution is 2.43. The minimum Gasteiger partial charge on any atom is -0.478 e. The average molecular weight is 420 g/mol. The third-order valence-corrected chi connectivity index (χ3v) is 6.49. The summed E-state index contributed by atoms with van der Waals surface area (Å²) in [6, 6.07) is 5.10. The zero-order valence-corrected chi connectivity index (χ0v) is 17.5. The zero-order valence-electron chi connectivity index (χ0n) is 16.7. The molecule has 1 aromatic rings. The molecule has 0 bridgehead atoms. The highest BCUT2D eigenvalue weighted by Gasteiger charge is 2.56. The van der Waals surface area contributed by atoms with Crippen molar-refractivity contribution in [3.8, 4) is 0 Å². The Balaban J connectivity index is 1.68. The number of amides is 2. The molecular formula is C20H24N2O6S. The van der Waals surface area contributed by atoms with Gasteiger partial charge in [0.25, 0.3) is 5.91 Å². The molecule has 8 nitrogen and oxygen atoms in total. The number of esters is 1. The second-order valence-electron chi connectivity index (χ2n) is 8.53. The molecule has 0 aliphatic carbocycles. The summed E-state index contributed by atoms with van der Waals surface area (Å²) in [5.41, 5.74) is -1.56. The standard InChI is InChI=1S/C20H24N2O6S/c1-19(2,3)28-18(27)20(4)9-22-15(24)13(16(22)29-10-20)21-14(23)11-7-5-6-8-12(11)17(25)26/h5-8,13,16H,9-10H2,1-4H3,(H,21,23)(H,25,26)/t13?,16-,20?/m1/s1. The fourth-order valence-electron chi connectivity index (χ4n) is 3.31. The lowest BCUT2D eigenvalue weighted by molar-refractivity contribution is -0.169. The van der Waals surface area contributed by atoms with Crippen molar-refractivity contribution in [2.45, 2.75) is 44.7 Å². The molecule has 2 N–H and O–H groups in total. The molecule has 0 aromatic heterocycles. The van der Waals surface area contributed by atoms with E-state index in [-0.39, 0.29) is 34.9 Å². The van der Waals surface area contributed by atoms with Gasteiger partial charge in [-0.1, -0.05) is 12.1 Å². The van der Waals surface area contributed by atoms with Crippen LogP contribution in [0.3, 0.4) is 0 Å². The minimum atomic E-state index is -1.21. The molecule has 2 aliphatic heterocycles. The van der Waals surface area contributed by atoms with Crippen molar-refractivity contribution in [2.75, 3.05) is 12.3 Å². The van der Waals surface area contributed by atoms with Gasteiger partial charge < -0.3 is 20.1 Å². The van der Waals surface area contributed by atoms with Gasteiger partial charge in [0.05, 0.1) is 16.5 Å². The number of hydrogen-bond acceptors (Lipinski definition) is 6. The number of aromatic carboxylic acids is 1. The van der Waals surface area contributed by atoms with Gasteiger partial charge >= 0.3 is 11.9 Å². The fraction of sp³-hybridized carbons (Fsp3) is 0.500. The largest absolute Gasteiger partial charge is 0.478 e. The number of ether oxygens (including phenoxy) is 1. The zero-order chi connectivity index (χ0) is 21.6. The summed E-state index contributed by atoms with van der Waals surface area (Å²) in [7, 11) is 0. The van der Waals surface area contributed by atoms with Crippen LogP contribution in [0.4, 0.5) is 0 Å². The summed E-state index contributed by atoms with van der Waals surface area (Å²) in [5.74, 6) is -2.02.